The highest BCUT2D eigenvalue weighted by Crippen LogP contribution is 2.09. The topological polar surface area (TPSA) is 77.6 Å². The van der Waals surface area contributed by atoms with Gasteiger partial charge in [0.25, 0.3) is 0 Å². The molecule has 0 bridgehead atoms. The number of amidine groups is 1. The Bertz CT molecular complexity index is 383. The Hall–Kier alpha value is -1.43. The lowest BCUT2D eigenvalue weighted by atomic mass is 10.1. The lowest BCUT2D eigenvalue weighted by molar-refractivity contribution is 0.0483. The summed E-state index contributed by atoms with van der Waals surface area (Å²) in [7, 11) is 1.65. The van der Waals surface area contributed by atoms with E-state index in [1.54, 1.807) is 7.11 Å². The molecule has 19 heavy (non-hydrogen) atoms. The molecule has 0 aromatic heterocycles. The predicted molar refractivity (Wildman–Crippen MR) is 74.4 cm³/mol. The van der Waals surface area contributed by atoms with Crippen molar-refractivity contribution in [1.29, 1.82) is 5.41 Å². The molecule has 0 saturated carbocycles. The Morgan fingerprint density at radius 3 is 2.58 bits per heavy atom. The molecule has 0 spiro atoms. The maximum Gasteiger partial charge on any atom is 0.123 e. The van der Waals surface area contributed by atoms with Crippen LogP contribution in [0.15, 0.2) is 24.3 Å². The van der Waals surface area contributed by atoms with E-state index in [1.165, 1.54) is 0 Å². The summed E-state index contributed by atoms with van der Waals surface area (Å²) in [6, 6.07) is 7.53. The van der Waals surface area contributed by atoms with E-state index in [9.17, 15) is 0 Å². The molecule has 3 N–H and O–H groups in total. The largest absolute Gasteiger partial charge is 0.384 e. The molecule has 0 radical (unpaired) electrons. The maximum absolute atomic E-state index is 7.48. The van der Waals surface area contributed by atoms with E-state index in [2.05, 4.69) is 0 Å². The Labute approximate surface area is 114 Å². The highest BCUT2D eigenvalue weighted by atomic mass is 16.5. The van der Waals surface area contributed by atoms with E-state index in [-0.39, 0.29) is 5.84 Å². The second-order valence-electron chi connectivity index (χ2n) is 4.08. The molecular formula is C14H22N2O3. The Kier molecular flexibility index (Phi) is 7.81. The van der Waals surface area contributed by atoms with E-state index in [1.807, 2.05) is 24.3 Å². The molecular weight excluding hydrogens is 244 g/mol. The van der Waals surface area contributed by atoms with Gasteiger partial charge in [0.2, 0.25) is 0 Å². The molecule has 1 aromatic carbocycles. The van der Waals surface area contributed by atoms with E-state index in [0.717, 1.165) is 17.5 Å². The summed E-state index contributed by atoms with van der Waals surface area (Å²) in [5, 5.41) is 7.48. The number of benzene rings is 1. The number of nitrogens with two attached hydrogens (primary N) is 1. The number of rotatable bonds is 10. The number of methoxy groups -OCH3 is 1. The summed E-state index contributed by atoms with van der Waals surface area (Å²) >= 11 is 0. The van der Waals surface area contributed by atoms with Gasteiger partial charge in [-0.25, -0.2) is 0 Å². The first-order chi connectivity index (χ1) is 9.25. The molecule has 0 fully saturated rings. The van der Waals surface area contributed by atoms with Gasteiger partial charge in [0, 0.05) is 25.9 Å². The van der Waals surface area contributed by atoms with Crippen LogP contribution in [0.3, 0.4) is 0 Å². The minimum Gasteiger partial charge on any atom is -0.384 e. The third-order valence-corrected chi connectivity index (χ3v) is 2.57. The Morgan fingerprint density at radius 1 is 1.11 bits per heavy atom. The smallest absolute Gasteiger partial charge is 0.123 e. The summed E-state index contributed by atoms with van der Waals surface area (Å²) in [4.78, 5) is 0. The molecule has 0 aliphatic heterocycles. The van der Waals surface area contributed by atoms with Crippen molar-refractivity contribution in [3.63, 3.8) is 0 Å². The molecule has 5 nitrogen and oxygen atoms in total. The Balaban J connectivity index is 2.17. The first kappa shape index (κ1) is 15.6. The second-order valence-corrected chi connectivity index (χ2v) is 4.08. The fourth-order valence-corrected chi connectivity index (χ4v) is 1.60. The molecule has 0 saturated heterocycles. The number of nitrogen functional groups attached to an aromatic ring is 1. The standard InChI is InChI=1S/C14H22N2O3/c1-17-9-10-18-7-4-8-19-11-12-5-2-3-6-13(12)14(15)16/h2-3,5-6H,4,7-11H2,1H3,(H3,15,16). The normalized spacial score (nSPS) is 10.6. The SMILES string of the molecule is COCCOCCCOCc1ccccc1C(=N)N. The molecule has 0 amide bonds. The average molecular weight is 266 g/mol. The minimum absolute atomic E-state index is 0.0714. The van der Waals surface area contributed by atoms with E-state index >= 15 is 0 Å². The molecule has 0 aliphatic carbocycles. The molecule has 0 atom stereocenters. The van der Waals surface area contributed by atoms with Crippen LogP contribution in [0.1, 0.15) is 17.5 Å². The number of hydrogen-bond donors (Lipinski definition) is 2. The van der Waals surface area contributed by atoms with Crippen LogP contribution in [0.2, 0.25) is 0 Å². The van der Waals surface area contributed by atoms with Crippen molar-refractivity contribution in [2.45, 2.75) is 13.0 Å². The van der Waals surface area contributed by atoms with Crippen molar-refractivity contribution < 1.29 is 14.2 Å². The minimum atomic E-state index is 0.0714. The van der Waals surface area contributed by atoms with Gasteiger partial charge in [-0.3, -0.25) is 5.41 Å². The average Bonchev–Trinajstić information content (AvgIpc) is 2.42. The summed E-state index contributed by atoms with van der Waals surface area (Å²) < 4.78 is 15.8. The van der Waals surface area contributed by atoms with Gasteiger partial charge in [-0.15, -0.1) is 0 Å². The zero-order valence-corrected chi connectivity index (χ0v) is 11.4. The maximum atomic E-state index is 7.48. The first-order valence-electron chi connectivity index (χ1n) is 6.32. The van der Waals surface area contributed by atoms with Crippen molar-refractivity contribution >= 4 is 5.84 Å². The van der Waals surface area contributed by atoms with Gasteiger partial charge in [-0.05, 0) is 12.0 Å². The molecule has 1 rings (SSSR count). The molecule has 1 aromatic rings. The van der Waals surface area contributed by atoms with Crippen LogP contribution >= 0.6 is 0 Å². The highest BCUT2D eigenvalue weighted by Gasteiger charge is 2.03. The van der Waals surface area contributed by atoms with Crippen molar-refractivity contribution in [1.82, 2.24) is 0 Å². The monoisotopic (exact) mass is 266 g/mol. The molecule has 0 unspecified atom stereocenters. The molecule has 0 aliphatic rings. The van der Waals surface area contributed by atoms with Gasteiger partial charge in [0.05, 0.1) is 19.8 Å². The lowest BCUT2D eigenvalue weighted by Gasteiger charge is -2.09. The number of ether oxygens (including phenoxy) is 3. The van der Waals surface area contributed by atoms with Crippen molar-refractivity contribution in [2.24, 2.45) is 5.73 Å². The second kappa shape index (κ2) is 9.49. The van der Waals surface area contributed by atoms with E-state index < -0.39 is 0 Å². The van der Waals surface area contributed by atoms with E-state index in [0.29, 0.717) is 33.0 Å². The fourth-order valence-electron chi connectivity index (χ4n) is 1.60. The van der Waals surface area contributed by atoms with Gasteiger partial charge in [-0.1, -0.05) is 24.3 Å². The number of hydrogen-bond acceptors (Lipinski definition) is 4. The molecule has 106 valence electrons. The summed E-state index contributed by atoms with van der Waals surface area (Å²) in [6.45, 7) is 2.99. The highest BCUT2D eigenvalue weighted by molar-refractivity contribution is 5.96. The Morgan fingerprint density at radius 2 is 1.84 bits per heavy atom. The summed E-state index contributed by atoms with van der Waals surface area (Å²) in [6.07, 6.45) is 0.839. The quantitative estimate of drug-likeness (QED) is 0.382. The van der Waals surface area contributed by atoms with Crippen LogP contribution in [0.25, 0.3) is 0 Å². The van der Waals surface area contributed by atoms with Gasteiger partial charge in [0.1, 0.15) is 5.84 Å². The van der Waals surface area contributed by atoms with E-state index in [4.69, 9.17) is 25.4 Å². The summed E-state index contributed by atoms with van der Waals surface area (Å²) in [5.74, 6) is 0.0714. The molecule has 5 heteroatoms. The summed E-state index contributed by atoms with van der Waals surface area (Å²) in [5.41, 5.74) is 7.18. The van der Waals surface area contributed by atoms with Crippen LogP contribution in [0.5, 0.6) is 0 Å². The predicted octanol–water partition coefficient (Wildman–Crippen LogP) is 1.54. The molecule has 0 heterocycles. The van der Waals surface area contributed by atoms with Crippen LogP contribution in [0, 0.1) is 5.41 Å². The van der Waals surface area contributed by atoms with Crippen LogP contribution < -0.4 is 5.73 Å². The van der Waals surface area contributed by atoms with Gasteiger partial charge in [0.15, 0.2) is 0 Å². The van der Waals surface area contributed by atoms with Crippen molar-refractivity contribution in [3.8, 4) is 0 Å². The van der Waals surface area contributed by atoms with Crippen LogP contribution in [-0.4, -0.2) is 39.4 Å². The third-order valence-electron chi connectivity index (χ3n) is 2.57. The van der Waals surface area contributed by atoms with Crippen molar-refractivity contribution in [2.75, 3.05) is 33.5 Å². The first-order valence-corrected chi connectivity index (χ1v) is 6.32. The van der Waals surface area contributed by atoms with Crippen molar-refractivity contribution in [3.05, 3.63) is 35.4 Å². The van der Waals surface area contributed by atoms with Crippen LogP contribution in [0.4, 0.5) is 0 Å². The fraction of sp³-hybridized carbons (Fsp3) is 0.500. The zero-order chi connectivity index (χ0) is 13.9. The number of nitrogens with one attached hydrogen (secondary N) is 1. The van der Waals surface area contributed by atoms with Gasteiger partial charge < -0.3 is 19.9 Å². The van der Waals surface area contributed by atoms with Gasteiger partial charge in [-0.2, -0.15) is 0 Å². The lowest BCUT2D eigenvalue weighted by Crippen LogP contribution is -2.14. The van der Waals surface area contributed by atoms with Crippen LogP contribution in [-0.2, 0) is 20.8 Å². The van der Waals surface area contributed by atoms with Gasteiger partial charge >= 0.3 is 0 Å². The zero-order valence-electron chi connectivity index (χ0n) is 11.4. The third kappa shape index (κ3) is 6.33.